The first-order valence-electron chi connectivity index (χ1n) is 30.6. The minimum atomic E-state index is -0.171. The molecule has 0 N–H and O–H groups in total. The van der Waals surface area contributed by atoms with Crippen LogP contribution in [-0.2, 0) is 49.9 Å². The second-order valence-corrected chi connectivity index (χ2v) is 31.3. The van der Waals surface area contributed by atoms with Gasteiger partial charge in [0.15, 0.2) is 0 Å². The van der Waals surface area contributed by atoms with Gasteiger partial charge in [-0.1, -0.05) is 190 Å². The van der Waals surface area contributed by atoms with Crippen LogP contribution in [0.5, 0.6) is 0 Å². The predicted molar refractivity (Wildman–Crippen MR) is 342 cm³/mol. The number of anilines is 5. The molecule has 4 aliphatic carbocycles. The third-order valence-electron chi connectivity index (χ3n) is 21.7. The molecule has 3 heterocycles. The molecule has 2 atom stereocenters. The van der Waals surface area contributed by atoms with Crippen molar-refractivity contribution in [3.63, 3.8) is 0 Å². The molecular formula is C76H85BN2O. The summed E-state index contributed by atoms with van der Waals surface area (Å²) < 4.78 is 7.83. The van der Waals surface area contributed by atoms with Gasteiger partial charge < -0.3 is 14.2 Å². The van der Waals surface area contributed by atoms with Crippen molar-refractivity contribution in [2.45, 2.75) is 206 Å². The highest BCUT2D eigenvalue weighted by molar-refractivity contribution is 6.99. The van der Waals surface area contributed by atoms with E-state index in [1.54, 1.807) is 0 Å². The van der Waals surface area contributed by atoms with Gasteiger partial charge in [0.25, 0.3) is 6.71 Å². The monoisotopic (exact) mass is 1050 g/mol. The summed E-state index contributed by atoms with van der Waals surface area (Å²) in [6.07, 6.45) is 8.32. The van der Waals surface area contributed by atoms with Crippen LogP contribution in [-0.4, -0.2) is 6.71 Å². The molecule has 1 aromatic heterocycles. The lowest BCUT2D eigenvalue weighted by atomic mass is 9.35. The van der Waals surface area contributed by atoms with Gasteiger partial charge in [-0.25, -0.2) is 0 Å². The topological polar surface area (TPSA) is 19.6 Å². The quantitative estimate of drug-likeness (QED) is 0.160. The zero-order chi connectivity index (χ0) is 56.2. The maximum atomic E-state index is 7.83. The molecule has 2 aliphatic heterocycles. The normalized spacial score (nSPS) is 22.4. The summed E-state index contributed by atoms with van der Waals surface area (Å²) in [5.74, 6) is 0. The van der Waals surface area contributed by atoms with Gasteiger partial charge in [-0.3, -0.25) is 0 Å². The molecule has 1 saturated carbocycles. The molecule has 0 spiro atoms. The maximum Gasteiger partial charge on any atom is 0.297 e. The molecule has 3 nitrogen and oxygen atoms in total. The highest BCUT2D eigenvalue weighted by Gasteiger charge is 2.55. The van der Waals surface area contributed by atoms with E-state index in [-0.39, 0.29) is 50.0 Å². The molecule has 0 radical (unpaired) electrons. The van der Waals surface area contributed by atoms with Crippen LogP contribution >= 0.6 is 0 Å². The minimum absolute atomic E-state index is 0.00109. The fraction of sp³-hybridized carbons (Fsp3) is 0.421. The average Bonchev–Trinajstić information content (AvgIpc) is 1.88. The summed E-state index contributed by atoms with van der Waals surface area (Å²) in [6, 6.07) is 51.0. The molecule has 0 saturated heterocycles. The van der Waals surface area contributed by atoms with E-state index in [0.717, 1.165) is 30.5 Å². The zero-order valence-corrected chi connectivity index (χ0v) is 51.2. The fourth-order valence-corrected chi connectivity index (χ4v) is 16.5. The summed E-state index contributed by atoms with van der Waals surface area (Å²) in [5.41, 5.74) is 29.4. The van der Waals surface area contributed by atoms with E-state index in [2.05, 4.69) is 248 Å². The number of rotatable bonds is 5. The van der Waals surface area contributed by atoms with Gasteiger partial charge in [-0.05, 0) is 214 Å². The molecule has 4 heteroatoms. The number of fused-ring (bicyclic) bond motifs is 13. The van der Waals surface area contributed by atoms with Gasteiger partial charge in [-0.2, -0.15) is 0 Å². The summed E-state index contributed by atoms with van der Waals surface area (Å²) in [6.45, 7) is 39.9. The highest BCUT2D eigenvalue weighted by atomic mass is 16.3. The van der Waals surface area contributed by atoms with Gasteiger partial charge in [0, 0.05) is 34.6 Å². The molecule has 6 aliphatic rings. The van der Waals surface area contributed by atoms with Crippen molar-refractivity contribution in [2.24, 2.45) is 0 Å². The van der Waals surface area contributed by atoms with Gasteiger partial charge in [0.2, 0.25) is 0 Å². The standard InChI is InChI=1S/C76H85BN2O/c1-69(2,3)49-27-28-60-62(36-49)79(61-42-57-56(73(11,12)31-32-74(57,13)14)40-52(61)47-25-21-18-22-26-47)64-38-50(70(4,5)6)37-63-66(64)77(60)68-67(53-41-58-59(43-65(53)80-68)76(16)34-33-75(58,15)45-76)78(63)44-48-35-54-55(72(9,10)30-29-71(54,7)8)39-51(48)46-23-19-17-20-24-46/h17-28,35-43H,29-34,44-45H2,1-16H3. The molecule has 7 aromatic carbocycles. The molecule has 0 amide bonds. The Balaban J connectivity index is 1.12. The van der Waals surface area contributed by atoms with Crippen molar-refractivity contribution in [1.29, 1.82) is 0 Å². The summed E-state index contributed by atoms with van der Waals surface area (Å²) >= 11 is 0. The number of furan rings is 1. The largest absolute Gasteiger partial charge is 0.468 e. The Hall–Kier alpha value is -6.26. The van der Waals surface area contributed by atoms with Gasteiger partial charge in [-0.15, -0.1) is 0 Å². The molecule has 80 heavy (non-hydrogen) atoms. The maximum absolute atomic E-state index is 7.83. The van der Waals surface area contributed by atoms with Crippen molar-refractivity contribution in [3.05, 3.63) is 177 Å². The minimum Gasteiger partial charge on any atom is -0.468 e. The lowest BCUT2D eigenvalue weighted by Gasteiger charge is -2.46. The third kappa shape index (κ3) is 7.57. The summed E-state index contributed by atoms with van der Waals surface area (Å²) in [5, 5.41) is 1.26. The van der Waals surface area contributed by atoms with E-state index >= 15 is 0 Å². The summed E-state index contributed by atoms with van der Waals surface area (Å²) in [4.78, 5) is 5.52. The third-order valence-corrected chi connectivity index (χ3v) is 21.7. The van der Waals surface area contributed by atoms with Gasteiger partial charge in [0.1, 0.15) is 5.58 Å². The average molecular weight is 1050 g/mol. The number of hydrogen-bond acceptors (Lipinski definition) is 3. The Bertz CT molecular complexity index is 3910. The van der Waals surface area contributed by atoms with E-state index < -0.39 is 0 Å². The van der Waals surface area contributed by atoms with Crippen molar-refractivity contribution in [2.75, 3.05) is 9.80 Å². The Labute approximate surface area is 479 Å². The Morgan fingerprint density at radius 3 is 1.54 bits per heavy atom. The fourth-order valence-electron chi connectivity index (χ4n) is 16.5. The first-order chi connectivity index (χ1) is 37.6. The van der Waals surface area contributed by atoms with Crippen LogP contribution in [0.4, 0.5) is 28.4 Å². The van der Waals surface area contributed by atoms with Crippen molar-refractivity contribution >= 4 is 62.7 Å². The van der Waals surface area contributed by atoms with Crippen molar-refractivity contribution < 1.29 is 4.42 Å². The lowest BCUT2D eigenvalue weighted by Crippen LogP contribution is -2.61. The first-order valence-corrected chi connectivity index (χ1v) is 30.6. The second-order valence-electron chi connectivity index (χ2n) is 31.3. The number of nitrogens with zero attached hydrogens (tertiary/aromatic N) is 2. The Morgan fingerprint density at radius 1 is 0.463 bits per heavy atom. The van der Waals surface area contributed by atoms with Crippen LogP contribution in [0.2, 0.25) is 0 Å². The molecule has 1 fully saturated rings. The van der Waals surface area contributed by atoms with Crippen LogP contribution in [0.25, 0.3) is 33.2 Å². The van der Waals surface area contributed by atoms with Crippen LogP contribution in [0.1, 0.15) is 206 Å². The molecular weight excluding hydrogens is 968 g/mol. The molecule has 2 unspecified atom stereocenters. The lowest BCUT2D eigenvalue weighted by molar-refractivity contribution is 0.331. The van der Waals surface area contributed by atoms with E-state index in [0.29, 0.717) is 6.54 Å². The van der Waals surface area contributed by atoms with Crippen molar-refractivity contribution in [3.8, 4) is 22.3 Å². The summed E-state index contributed by atoms with van der Waals surface area (Å²) in [7, 11) is 0. The van der Waals surface area contributed by atoms with Gasteiger partial charge >= 0.3 is 0 Å². The molecule has 408 valence electrons. The number of hydrogen-bond donors (Lipinski definition) is 0. The van der Waals surface area contributed by atoms with E-state index in [1.165, 1.54) is 143 Å². The smallest absolute Gasteiger partial charge is 0.297 e. The highest BCUT2D eigenvalue weighted by Crippen LogP contribution is 2.62. The molecule has 8 aromatic rings. The van der Waals surface area contributed by atoms with E-state index in [4.69, 9.17) is 4.42 Å². The zero-order valence-electron chi connectivity index (χ0n) is 51.2. The first kappa shape index (κ1) is 51.9. The van der Waals surface area contributed by atoms with Crippen molar-refractivity contribution in [1.82, 2.24) is 0 Å². The molecule has 14 rings (SSSR count). The van der Waals surface area contributed by atoms with Crippen LogP contribution in [0.3, 0.4) is 0 Å². The molecule has 2 bridgehead atoms. The Kier molecular flexibility index (Phi) is 10.8. The van der Waals surface area contributed by atoms with Gasteiger partial charge in [0.05, 0.1) is 17.0 Å². The van der Waals surface area contributed by atoms with Crippen LogP contribution in [0, 0.1) is 0 Å². The second kappa shape index (κ2) is 16.7. The number of benzene rings is 7. The van der Waals surface area contributed by atoms with Crippen LogP contribution < -0.4 is 26.4 Å². The van der Waals surface area contributed by atoms with E-state index in [1.807, 2.05) is 0 Å². The Morgan fingerprint density at radius 2 is 0.963 bits per heavy atom. The SMILES string of the molecule is CC(C)(C)c1ccc2c(c1)N(c1cc3c(cc1-c1ccccc1)C(C)(C)CCC3(C)C)c1cc(C(C)(C)C)cc3c1B2c1oc2cc4c(cc2c1N3Cc1cc2c(cc1-c1ccccc1)C(C)(C)CCC2(C)C)C1(C)CCC4(C)C1. The predicted octanol–water partition coefficient (Wildman–Crippen LogP) is 18.7. The van der Waals surface area contributed by atoms with E-state index in [9.17, 15) is 0 Å². The van der Waals surface area contributed by atoms with Crippen LogP contribution in [0.15, 0.2) is 132 Å².